The lowest BCUT2D eigenvalue weighted by Crippen LogP contribution is -1.98. The standard InChI is InChI=1S/C20H14FN5O/c1-12-7-18(27-25-12)15-10-16(21)20-24-23-19(26(20)11-15)9-13-4-5-17-14(8-13)3-2-6-22-17/h2-8,10-11H,9H2,1H3. The van der Waals surface area contributed by atoms with Gasteiger partial charge in [-0.05, 0) is 36.8 Å². The van der Waals surface area contributed by atoms with Crippen molar-refractivity contribution >= 4 is 16.6 Å². The fourth-order valence-corrected chi connectivity index (χ4v) is 3.17. The molecule has 4 aromatic heterocycles. The van der Waals surface area contributed by atoms with Gasteiger partial charge >= 0.3 is 0 Å². The molecular weight excluding hydrogens is 345 g/mol. The topological polar surface area (TPSA) is 69.1 Å². The van der Waals surface area contributed by atoms with Crippen LogP contribution in [0.5, 0.6) is 0 Å². The summed E-state index contributed by atoms with van der Waals surface area (Å²) in [6.07, 6.45) is 4.06. The van der Waals surface area contributed by atoms with E-state index in [0.717, 1.165) is 22.2 Å². The van der Waals surface area contributed by atoms with Gasteiger partial charge in [0.15, 0.2) is 17.2 Å². The Hall–Kier alpha value is -3.61. The van der Waals surface area contributed by atoms with Gasteiger partial charge in [-0.3, -0.25) is 9.38 Å². The first kappa shape index (κ1) is 15.6. The first-order valence-corrected chi connectivity index (χ1v) is 8.48. The first-order valence-electron chi connectivity index (χ1n) is 8.48. The van der Waals surface area contributed by atoms with E-state index in [1.807, 2.05) is 31.2 Å². The number of pyridine rings is 2. The number of halogens is 1. The minimum Gasteiger partial charge on any atom is -0.356 e. The molecule has 7 heteroatoms. The summed E-state index contributed by atoms with van der Waals surface area (Å²) in [5.41, 5.74) is 3.49. The molecule has 6 nitrogen and oxygen atoms in total. The first-order chi connectivity index (χ1) is 13.2. The van der Waals surface area contributed by atoms with Gasteiger partial charge in [-0.1, -0.05) is 17.3 Å². The molecule has 0 radical (unpaired) electrons. The Bertz CT molecular complexity index is 1290. The zero-order valence-corrected chi connectivity index (χ0v) is 14.4. The van der Waals surface area contributed by atoms with Crippen LogP contribution in [0.1, 0.15) is 17.1 Å². The maximum absolute atomic E-state index is 14.5. The van der Waals surface area contributed by atoms with Gasteiger partial charge in [-0.15, -0.1) is 10.2 Å². The lowest BCUT2D eigenvalue weighted by atomic mass is 10.1. The number of rotatable bonds is 3. The molecule has 0 unspecified atom stereocenters. The van der Waals surface area contributed by atoms with Gasteiger partial charge in [0.25, 0.3) is 0 Å². The second-order valence-electron chi connectivity index (χ2n) is 6.43. The van der Waals surface area contributed by atoms with Crippen molar-refractivity contribution in [1.82, 2.24) is 24.7 Å². The molecule has 0 aliphatic carbocycles. The van der Waals surface area contributed by atoms with Crippen LogP contribution in [-0.2, 0) is 6.42 Å². The maximum Gasteiger partial charge on any atom is 0.196 e. The van der Waals surface area contributed by atoms with Gasteiger partial charge in [0.1, 0.15) is 5.82 Å². The number of aryl methyl sites for hydroxylation is 1. The Morgan fingerprint density at radius 3 is 2.89 bits per heavy atom. The Labute approximate surface area is 153 Å². The van der Waals surface area contributed by atoms with Crippen LogP contribution in [0.3, 0.4) is 0 Å². The molecule has 0 bridgehead atoms. The molecule has 0 fully saturated rings. The van der Waals surface area contributed by atoms with Gasteiger partial charge in [0.05, 0.1) is 11.2 Å². The van der Waals surface area contributed by atoms with E-state index >= 15 is 0 Å². The van der Waals surface area contributed by atoms with E-state index in [-0.39, 0.29) is 5.65 Å². The van der Waals surface area contributed by atoms with E-state index in [1.54, 1.807) is 22.9 Å². The largest absolute Gasteiger partial charge is 0.356 e. The minimum absolute atomic E-state index is 0.187. The molecule has 132 valence electrons. The summed E-state index contributed by atoms with van der Waals surface area (Å²) in [6.45, 7) is 1.82. The van der Waals surface area contributed by atoms with Crippen LogP contribution < -0.4 is 0 Å². The third-order valence-electron chi connectivity index (χ3n) is 4.47. The highest BCUT2D eigenvalue weighted by Gasteiger charge is 2.15. The third-order valence-corrected chi connectivity index (χ3v) is 4.47. The fraction of sp³-hybridized carbons (Fsp3) is 0.100. The van der Waals surface area contributed by atoms with Crippen LogP contribution in [0.25, 0.3) is 27.9 Å². The SMILES string of the molecule is Cc1cc(-c2cc(F)c3nnc(Cc4ccc5ncccc5c4)n3c2)on1. The smallest absolute Gasteiger partial charge is 0.196 e. The maximum atomic E-state index is 14.5. The Morgan fingerprint density at radius 2 is 2.04 bits per heavy atom. The van der Waals surface area contributed by atoms with Crippen molar-refractivity contribution < 1.29 is 8.91 Å². The molecule has 27 heavy (non-hydrogen) atoms. The molecule has 0 atom stereocenters. The second-order valence-corrected chi connectivity index (χ2v) is 6.43. The summed E-state index contributed by atoms with van der Waals surface area (Å²) < 4.78 is 21.4. The van der Waals surface area contributed by atoms with E-state index in [1.165, 1.54) is 6.07 Å². The number of aromatic nitrogens is 5. The molecule has 0 saturated heterocycles. The molecule has 0 spiro atoms. The van der Waals surface area contributed by atoms with Gasteiger partial charge in [0.2, 0.25) is 0 Å². The number of benzene rings is 1. The lowest BCUT2D eigenvalue weighted by Gasteiger charge is -2.04. The molecule has 4 heterocycles. The predicted octanol–water partition coefficient (Wildman–Crippen LogP) is 3.97. The van der Waals surface area contributed by atoms with E-state index in [0.29, 0.717) is 23.6 Å². The Morgan fingerprint density at radius 1 is 1.11 bits per heavy atom. The van der Waals surface area contributed by atoms with Crippen molar-refractivity contribution in [1.29, 1.82) is 0 Å². The number of fused-ring (bicyclic) bond motifs is 2. The van der Waals surface area contributed by atoms with Gasteiger partial charge in [-0.2, -0.15) is 0 Å². The Balaban J connectivity index is 1.59. The van der Waals surface area contributed by atoms with Gasteiger partial charge < -0.3 is 4.52 Å². The highest BCUT2D eigenvalue weighted by molar-refractivity contribution is 5.79. The van der Waals surface area contributed by atoms with E-state index < -0.39 is 5.82 Å². The minimum atomic E-state index is -0.456. The average Bonchev–Trinajstić information content (AvgIpc) is 3.28. The second kappa shape index (κ2) is 5.98. The van der Waals surface area contributed by atoms with Crippen LogP contribution in [0, 0.1) is 12.7 Å². The quantitative estimate of drug-likeness (QED) is 0.487. The fourth-order valence-electron chi connectivity index (χ4n) is 3.17. The van der Waals surface area contributed by atoms with Crippen LogP contribution in [-0.4, -0.2) is 24.7 Å². The molecule has 0 aliphatic heterocycles. The van der Waals surface area contributed by atoms with Crippen molar-refractivity contribution in [3.05, 3.63) is 77.8 Å². The summed E-state index contributed by atoms with van der Waals surface area (Å²) in [7, 11) is 0. The highest BCUT2D eigenvalue weighted by atomic mass is 19.1. The molecule has 0 aliphatic rings. The van der Waals surface area contributed by atoms with E-state index in [4.69, 9.17) is 4.52 Å². The summed E-state index contributed by atoms with van der Waals surface area (Å²) in [4.78, 5) is 4.33. The summed E-state index contributed by atoms with van der Waals surface area (Å²) >= 11 is 0. The average molecular weight is 359 g/mol. The lowest BCUT2D eigenvalue weighted by molar-refractivity contribution is 0.426. The van der Waals surface area contributed by atoms with E-state index in [2.05, 4.69) is 26.4 Å². The summed E-state index contributed by atoms with van der Waals surface area (Å²) in [5.74, 6) is 0.693. The summed E-state index contributed by atoms with van der Waals surface area (Å²) in [6, 6.07) is 13.1. The normalized spacial score (nSPS) is 11.5. The molecular formula is C20H14FN5O. The Kier molecular flexibility index (Phi) is 3.46. The van der Waals surface area contributed by atoms with Crippen LogP contribution in [0.2, 0.25) is 0 Å². The highest BCUT2D eigenvalue weighted by Crippen LogP contribution is 2.24. The molecule has 5 aromatic rings. The van der Waals surface area contributed by atoms with Crippen LogP contribution in [0.4, 0.5) is 4.39 Å². The van der Waals surface area contributed by atoms with Crippen LogP contribution >= 0.6 is 0 Å². The third kappa shape index (κ3) is 2.73. The van der Waals surface area contributed by atoms with Gasteiger partial charge in [0, 0.05) is 35.8 Å². The molecule has 0 saturated carbocycles. The molecule has 0 amide bonds. The van der Waals surface area contributed by atoms with E-state index in [9.17, 15) is 4.39 Å². The van der Waals surface area contributed by atoms with Crippen molar-refractivity contribution in [3.63, 3.8) is 0 Å². The van der Waals surface area contributed by atoms with Crippen molar-refractivity contribution in [3.8, 4) is 11.3 Å². The zero-order valence-electron chi connectivity index (χ0n) is 14.4. The van der Waals surface area contributed by atoms with Crippen LogP contribution in [0.15, 0.2) is 59.4 Å². The zero-order chi connectivity index (χ0) is 18.4. The van der Waals surface area contributed by atoms with Crippen molar-refractivity contribution in [2.75, 3.05) is 0 Å². The van der Waals surface area contributed by atoms with Crippen molar-refractivity contribution in [2.45, 2.75) is 13.3 Å². The summed E-state index contributed by atoms with van der Waals surface area (Å²) in [5, 5.41) is 13.1. The number of hydrogen-bond acceptors (Lipinski definition) is 5. The number of nitrogens with zero attached hydrogens (tertiary/aromatic N) is 5. The van der Waals surface area contributed by atoms with Crippen molar-refractivity contribution in [2.24, 2.45) is 0 Å². The predicted molar refractivity (Wildman–Crippen MR) is 97.7 cm³/mol. The molecule has 1 aromatic carbocycles. The molecule has 5 rings (SSSR count). The monoisotopic (exact) mass is 359 g/mol. The van der Waals surface area contributed by atoms with Gasteiger partial charge in [-0.25, -0.2) is 4.39 Å². The molecule has 0 N–H and O–H groups in total. The number of hydrogen-bond donors (Lipinski definition) is 0.